The van der Waals surface area contributed by atoms with Crippen LogP contribution in [0.2, 0.25) is 0 Å². The van der Waals surface area contributed by atoms with E-state index in [1.165, 1.54) is 7.11 Å². The summed E-state index contributed by atoms with van der Waals surface area (Å²) < 4.78 is 9.97. The highest BCUT2D eigenvalue weighted by molar-refractivity contribution is 5.84. The van der Waals surface area contributed by atoms with E-state index in [0.29, 0.717) is 12.2 Å². The quantitative estimate of drug-likeness (QED) is 0.884. The molecule has 1 heterocycles. The summed E-state index contributed by atoms with van der Waals surface area (Å²) in [6.45, 7) is 2.54. The lowest BCUT2D eigenvalue weighted by molar-refractivity contribution is 0.187. The Balaban J connectivity index is 1.89. The van der Waals surface area contributed by atoms with Crippen LogP contribution in [-0.2, 0) is 11.3 Å². The summed E-state index contributed by atoms with van der Waals surface area (Å²) in [6, 6.07) is 11.2. The van der Waals surface area contributed by atoms with Gasteiger partial charge in [0, 0.05) is 11.4 Å². The number of ether oxygens (including phenoxy) is 1. The van der Waals surface area contributed by atoms with Crippen LogP contribution in [-0.4, -0.2) is 13.2 Å². The largest absolute Gasteiger partial charge is 0.465 e. The average molecular weight is 260 g/mol. The minimum atomic E-state index is -0.480. The number of hydrogen-bond acceptors (Lipinski definition) is 4. The topological polar surface area (TPSA) is 63.5 Å². The van der Waals surface area contributed by atoms with Crippen molar-refractivity contribution in [2.75, 3.05) is 17.7 Å². The van der Waals surface area contributed by atoms with Crippen LogP contribution in [0.1, 0.15) is 11.5 Å². The van der Waals surface area contributed by atoms with Gasteiger partial charge in [0.15, 0.2) is 0 Å². The number of hydrogen-bond donors (Lipinski definition) is 2. The summed E-state index contributed by atoms with van der Waals surface area (Å²) >= 11 is 0. The molecule has 0 aliphatic rings. The van der Waals surface area contributed by atoms with E-state index in [9.17, 15) is 4.79 Å². The van der Waals surface area contributed by atoms with Crippen LogP contribution in [0.4, 0.5) is 16.2 Å². The second-order valence-electron chi connectivity index (χ2n) is 4.06. The lowest BCUT2D eigenvalue weighted by atomic mass is 10.2. The molecule has 19 heavy (non-hydrogen) atoms. The first-order chi connectivity index (χ1) is 9.17. The van der Waals surface area contributed by atoms with Crippen molar-refractivity contribution in [3.8, 4) is 0 Å². The average Bonchev–Trinajstić information content (AvgIpc) is 2.83. The molecule has 0 aliphatic heterocycles. The maximum atomic E-state index is 11.0. The first-order valence-electron chi connectivity index (χ1n) is 5.91. The monoisotopic (exact) mass is 260 g/mol. The fraction of sp³-hybridized carbons (Fsp3) is 0.214. The Hall–Kier alpha value is -2.43. The molecule has 2 N–H and O–H groups in total. The summed E-state index contributed by atoms with van der Waals surface area (Å²) in [5.74, 6) is 1.78. The number of carbonyl (C=O) groups excluding carboxylic acids is 1. The number of amides is 1. The lowest BCUT2D eigenvalue weighted by Crippen LogP contribution is -2.10. The number of anilines is 2. The van der Waals surface area contributed by atoms with Gasteiger partial charge in [-0.1, -0.05) is 0 Å². The third kappa shape index (κ3) is 3.77. The molecule has 0 unspecified atom stereocenters. The highest BCUT2D eigenvalue weighted by Gasteiger charge is 2.01. The van der Waals surface area contributed by atoms with Crippen LogP contribution in [0.3, 0.4) is 0 Å². The third-order valence-corrected chi connectivity index (χ3v) is 2.58. The maximum absolute atomic E-state index is 11.0. The second kappa shape index (κ2) is 5.95. The van der Waals surface area contributed by atoms with E-state index >= 15 is 0 Å². The molecule has 0 saturated carbocycles. The molecule has 0 spiro atoms. The molecule has 100 valence electrons. The van der Waals surface area contributed by atoms with Crippen LogP contribution in [0.5, 0.6) is 0 Å². The molecule has 1 aromatic heterocycles. The Kier molecular flexibility index (Phi) is 4.07. The Morgan fingerprint density at radius 1 is 1.16 bits per heavy atom. The van der Waals surface area contributed by atoms with Gasteiger partial charge >= 0.3 is 6.09 Å². The van der Waals surface area contributed by atoms with Gasteiger partial charge < -0.3 is 14.5 Å². The molecule has 0 radical (unpaired) electrons. The molecule has 5 nitrogen and oxygen atoms in total. The first kappa shape index (κ1) is 13.0. The fourth-order valence-corrected chi connectivity index (χ4v) is 1.61. The van der Waals surface area contributed by atoms with Crippen molar-refractivity contribution in [3.05, 3.63) is 47.9 Å². The second-order valence-corrected chi connectivity index (χ2v) is 4.06. The molecule has 0 aliphatic carbocycles. The van der Waals surface area contributed by atoms with Gasteiger partial charge in [0.1, 0.15) is 11.5 Å². The molecule has 0 bridgehead atoms. The van der Waals surface area contributed by atoms with E-state index < -0.39 is 6.09 Å². The Morgan fingerprint density at radius 3 is 2.42 bits per heavy atom. The van der Waals surface area contributed by atoms with E-state index in [-0.39, 0.29) is 0 Å². The van der Waals surface area contributed by atoms with E-state index in [1.54, 1.807) is 12.1 Å². The zero-order valence-electron chi connectivity index (χ0n) is 10.9. The van der Waals surface area contributed by atoms with E-state index in [0.717, 1.165) is 17.2 Å². The molecule has 5 heteroatoms. The van der Waals surface area contributed by atoms with E-state index in [2.05, 4.69) is 15.4 Å². The van der Waals surface area contributed by atoms with Crippen molar-refractivity contribution in [1.82, 2.24) is 0 Å². The van der Waals surface area contributed by atoms with Gasteiger partial charge in [-0.3, -0.25) is 5.32 Å². The minimum Gasteiger partial charge on any atom is -0.465 e. The maximum Gasteiger partial charge on any atom is 0.411 e. The summed E-state index contributed by atoms with van der Waals surface area (Å²) in [4.78, 5) is 11.0. The van der Waals surface area contributed by atoms with Gasteiger partial charge in [0.2, 0.25) is 0 Å². The number of aryl methyl sites for hydroxylation is 1. The summed E-state index contributed by atoms with van der Waals surface area (Å²) in [5.41, 5.74) is 1.63. The molecule has 0 saturated heterocycles. The molecular formula is C14H16N2O3. The smallest absolute Gasteiger partial charge is 0.411 e. The summed E-state index contributed by atoms with van der Waals surface area (Å²) in [6.07, 6.45) is -0.480. The standard InChI is InChI=1S/C14H16N2O3/c1-10-3-8-13(19-10)9-15-11-4-6-12(7-5-11)16-14(17)18-2/h3-8,15H,9H2,1-2H3,(H,16,17). The fourth-order valence-electron chi connectivity index (χ4n) is 1.61. The zero-order valence-corrected chi connectivity index (χ0v) is 10.9. The van der Waals surface area contributed by atoms with E-state index in [1.807, 2.05) is 31.2 Å². The number of methoxy groups -OCH3 is 1. The van der Waals surface area contributed by atoms with Crippen LogP contribution in [0.25, 0.3) is 0 Å². The number of nitrogens with one attached hydrogen (secondary N) is 2. The van der Waals surface area contributed by atoms with Gasteiger partial charge in [-0.25, -0.2) is 4.79 Å². The van der Waals surface area contributed by atoms with Crippen molar-refractivity contribution in [3.63, 3.8) is 0 Å². The minimum absolute atomic E-state index is 0.480. The predicted octanol–water partition coefficient (Wildman–Crippen LogP) is 3.38. The number of benzene rings is 1. The SMILES string of the molecule is COC(=O)Nc1ccc(NCc2ccc(C)o2)cc1. The van der Waals surface area contributed by atoms with Crippen LogP contribution in [0, 0.1) is 6.92 Å². The summed E-state index contributed by atoms with van der Waals surface area (Å²) in [7, 11) is 1.33. The molecule has 0 atom stereocenters. The highest BCUT2D eigenvalue weighted by Crippen LogP contribution is 2.15. The van der Waals surface area contributed by atoms with Gasteiger partial charge in [-0.2, -0.15) is 0 Å². The Labute approximate surface area is 111 Å². The number of rotatable bonds is 4. The molecule has 2 rings (SSSR count). The number of furan rings is 1. The van der Waals surface area contributed by atoms with Gasteiger partial charge in [-0.15, -0.1) is 0 Å². The highest BCUT2D eigenvalue weighted by atomic mass is 16.5. The van der Waals surface area contributed by atoms with Crippen LogP contribution >= 0.6 is 0 Å². The zero-order chi connectivity index (χ0) is 13.7. The van der Waals surface area contributed by atoms with Crippen molar-refractivity contribution in [1.29, 1.82) is 0 Å². The molecular weight excluding hydrogens is 244 g/mol. The third-order valence-electron chi connectivity index (χ3n) is 2.58. The van der Waals surface area contributed by atoms with Crippen molar-refractivity contribution in [2.45, 2.75) is 13.5 Å². The van der Waals surface area contributed by atoms with E-state index in [4.69, 9.17) is 4.42 Å². The van der Waals surface area contributed by atoms with Crippen molar-refractivity contribution >= 4 is 17.5 Å². The molecule has 1 aromatic carbocycles. The first-order valence-corrected chi connectivity index (χ1v) is 5.91. The Morgan fingerprint density at radius 2 is 1.84 bits per heavy atom. The predicted molar refractivity (Wildman–Crippen MR) is 73.2 cm³/mol. The van der Waals surface area contributed by atoms with Crippen molar-refractivity contribution in [2.24, 2.45) is 0 Å². The molecule has 0 fully saturated rings. The van der Waals surface area contributed by atoms with Crippen molar-refractivity contribution < 1.29 is 13.9 Å². The Bertz CT molecular complexity index is 546. The summed E-state index contributed by atoms with van der Waals surface area (Å²) in [5, 5.41) is 5.82. The van der Waals surface area contributed by atoms with Gasteiger partial charge in [0.05, 0.1) is 13.7 Å². The normalized spacial score (nSPS) is 10.0. The van der Waals surface area contributed by atoms with Crippen LogP contribution in [0.15, 0.2) is 40.8 Å². The molecule has 1 amide bonds. The lowest BCUT2D eigenvalue weighted by Gasteiger charge is -2.07. The molecule has 2 aromatic rings. The van der Waals surface area contributed by atoms with Crippen LogP contribution < -0.4 is 10.6 Å². The van der Waals surface area contributed by atoms with Gasteiger partial charge in [-0.05, 0) is 43.3 Å². The van der Waals surface area contributed by atoms with Gasteiger partial charge in [0.25, 0.3) is 0 Å². The number of carbonyl (C=O) groups is 1.